The molecule has 0 spiro atoms. The van der Waals surface area contributed by atoms with Crippen LogP contribution >= 0.6 is 0 Å². The number of carbonyl (C=O) groups excluding carboxylic acids is 2. The topological polar surface area (TPSA) is 68.3 Å². The molecule has 1 atom stereocenters. The van der Waals surface area contributed by atoms with Crippen LogP contribution in [0.4, 0.5) is 0 Å². The van der Waals surface area contributed by atoms with Crippen molar-refractivity contribution in [2.24, 2.45) is 11.7 Å². The molecule has 2 N–H and O–H groups in total. The lowest BCUT2D eigenvalue weighted by atomic mass is 10.1. The molecule has 3 rings (SSSR count). The predicted molar refractivity (Wildman–Crippen MR) is 88.4 cm³/mol. The molecule has 1 aromatic carbocycles. The lowest BCUT2D eigenvalue weighted by Crippen LogP contribution is -2.31. The van der Waals surface area contributed by atoms with Gasteiger partial charge in [-0.3, -0.25) is 9.59 Å². The number of aromatic nitrogens is 1. The van der Waals surface area contributed by atoms with Gasteiger partial charge in [0.15, 0.2) is 0 Å². The van der Waals surface area contributed by atoms with Crippen LogP contribution in [0.15, 0.2) is 36.4 Å². The zero-order valence-electron chi connectivity index (χ0n) is 13.5. The largest absolute Gasteiger partial charge is 0.369 e. The summed E-state index contributed by atoms with van der Waals surface area (Å²) in [5.74, 6) is -0.584. The first kappa shape index (κ1) is 15.3. The fourth-order valence-corrected chi connectivity index (χ4v) is 3.19. The Labute approximate surface area is 135 Å². The van der Waals surface area contributed by atoms with E-state index in [2.05, 4.69) is 30.5 Å². The molecule has 0 saturated carbocycles. The third kappa shape index (κ3) is 2.86. The number of rotatable bonds is 3. The maximum absolute atomic E-state index is 12.5. The van der Waals surface area contributed by atoms with Gasteiger partial charge in [-0.15, -0.1) is 0 Å². The van der Waals surface area contributed by atoms with Gasteiger partial charge in [0.05, 0.1) is 5.92 Å². The Balaban J connectivity index is 1.78. The van der Waals surface area contributed by atoms with Crippen LogP contribution in [0.3, 0.4) is 0 Å². The van der Waals surface area contributed by atoms with Crippen LogP contribution in [0.5, 0.6) is 0 Å². The Morgan fingerprint density at radius 1 is 1.04 bits per heavy atom. The van der Waals surface area contributed by atoms with E-state index in [0.717, 1.165) is 17.1 Å². The molecule has 2 heterocycles. The normalized spacial score (nSPS) is 17.5. The Morgan fingerprint density at radius 2 is 1.65 bits per heavy atom. The lowest BCUT2D eigenvalue weighted by molar-refractivity contribution is -0.121. The van der Waals surface area contributed by atoms with E-state index in [4.69, 9.17) is 5.73 Å². The van der Waals surface area contributed by atoms with Gasteiger partial charge < -0.3 is 15.2 Å². The van der Waals surface area contributed by atoms with E-state index < -0.39 is 0 Å². The zero-order valence-corrected chi connectivity index (χ0v) is 13.5. The summed E-state index contributed by atoms with van der Waals surface area (Å²) in [4.78, 5) is 25.4. The van der Waals surface area contributed by atoms with Gasteiger partial charge in [0.1, 0.15) is 0 Å². The molecular weight excluding hydrogens is 290 g/mol. The first-order valence-electron chi connectivity index (χ1n) is 7.81. The molecule has 1 fully saturated rings. The van der Waals surface area contributed by atoms with Gasteiger partial charge in [0.2, 0.25) is 5.91 Å². The SMILES string of the molecule is Cc1ccc(C)n1-c1ccc(C(=O)N2CC[C@@H](C(N)=O)C2)cc1. The van der Waals surface area contributed by atoms with Crippen molar-refractivity contribution in [1.29, 1.82) is 0 Å². The summed E-state index contributed by atoms with van der Waals surface area (Å²) in [6.45, 7) is 5.12. The summed E-state index contributed by atoms with van der Waals surface area (Å²) in [6, 6.07) is 11.7. The summed E-state index contributed by atoms with van der Waals surface area (Å²) in [5, 5.41) is 0. The van der Waals surface area contributed by atoms with Crippen molar-refractivity contribution >= 4 is 11.8 Å². The number of primary amides is 1. The number of nitrogens with zero attached hydrogens (tertiary/aromatic N) is 2. The smallest absolute Gasteiger partial charge is 0.253 e. The van der Waals surface area contributed by atoms with E-state index in [1.165, 1.54) is 0 Å². The molecule has 2 amide bonds. The second kappa shape index (κ2) is 5.91. The molecule has 1 saturated heterocycles. The third-order valence-corrected chi connectivity index (χ3v) is 4.52. The van der Waals surface area contributed by atoms with Crippen molar-refractivity contribution in [3.63, 3.8) is 0 Å². The minimum Gasteiger partial charge on any atom is -0.369 e. The number of aryl methyl sites for hydroxylation is 2. The number of benzene rings is 1. The van der Waals surface area contributed by atoms with Crippen LogP contribution in [-0.4, -0.2) is 34.4 Å². The van der Waals surface area contributed by atoms with Crippen molar-refractivity contribution in [2.75, 3.05) is 13.1 Å². The maximum atomic E-state index is 12.5. The molecule has 0 aliphatic carbocycles. The van der Waals surface area contributed by atoms with E-state index in [0.29, 0.717) is 25.1 Å². The van der Waals surface area contributed by atoms with Gasteiger partial charge in [-0.25, -0.2) is 0 Å². The highest BCUT2D eigenvalue weighted by molar-refractivity contribution is 5.95. The molecule has 1 aliphatic rings. The lowest BCUT2D eigenvalue weighted by Gasteiger charge is -2.16. The summed E-state index contributed by atoms with van der Waals surface area (Å²) in [6.07, 6.45) is 0.654. The predicted octanol–water partition coefficient (Wildman–Crippen LogP) is 2.04. The highest BCUT2D eigenvalue weighted by Gasteiger charge is 2.30. The van der Waals surface area contributed by atoms with Crippen molar-refractivity contribution in [3.05, 3.63) is 53.3 Å². The summed E-state index contributed by atoms with van der Waals surface area (Å²) in [5.41, 5.74) is 9.32. The van der Waals surface area contributed by atoms with Crippen LogP contribution < -0.4 is 5.73 Å². The Kier molecular flexibility index (Phi) is 3.94. The first-order chi connectivity index (χ1) is 11.0. The molecule has 2 aromatic rings. The van der Waals surface area contributed by atoms with Gasteiger partial charge >= 0.3 is 0 Å². The van der Waals surface area contributed by atoms with Gasteiger partial charge in [-0.2, -0.15) is 0 Å². The molecule has 1 aromatic heterocycles. The van der Waals surface area contributed by atoms with Crippen LogP contribution in [0.1, 0.15) is 28.2 Å². The summed E-state index contributed by atoms with van der Waals surface area (Å²) in [7, 11) is 0. The van der Waals surface area contributed by atoms with Gasteiger partial charge in [0, 0.05) is 35.7 Å². The van der Waals surface area contributed by atoms with E-state index >= 15 is 0 Å². The fourth-order valence-electron chi connectivity index (χ4n) is 3.19. The van der Waals surface area contributed by atoms with Crippen LogP contribution in [0.2, 0.25) is 0 Å². The monoisotopic (exact) mass is 311 g/mol. The number of amides is 2. The Bertz CT molecular complexity index is 727. The Morgan fingerprint density at radius 3 is 2.17 bits per heavy atom. The van der Waals surface area contributed by atoms with Crippen molar-refractivity contribution in [1.82, 2.24) is 9.47 Å². The van der Waals surface area contributed by atoms with Crippen LogP contribution in [0.25, 0.3) is 5.69 Å². The highest BCUT2D eigenvalue weighted by Crippen LogP contribution is 2.20. The molecule has 5 heteroatoms. The zero-order chi connectivity index (χ0) is 16.6. The molecule has 0 bridgehead atoms. The number of hydrogen-bond acceptors (Lipinski definition) is 2. The average Bonchev–Trinajstić information content (AvgIpc) is 3.14. The first-order valence-corrected chi connectivity index (χ1v) is 7.81. The fraction of sp³-hybridized carbons (Fsp3) is 0.333. The number of carbonyl (C=O) groups is 2. The second-order valence-corrected chi connectivity index (χ2v) is 6.14. The van der Waals surface area contributed by atoms with E-state index in [9.17, 15) is 9.59 Å². The van der Waals surface area contributed by atoms with Gasteiger partial charge in [-0.1, -0.05) is 0 Å². The number of nitrogens with two attached hydrogens (primary N) is 1. The number of likely N-dealkylation sites (tertiary alicyclic amines) is 1. The Hall–Kier alpha value is -2.56. The quantitative estimate of drug-likeness (QED) is 0.942. The van der Waals surface area contributed by atoms with Crippen LogP contribution in [0, 0.1) is 19.8 Å². The molecule has 23 heavy (non-hydrogen) atoms. The molecule has 5 nitrogen and oxygen atoms in total. The summed E-state index contributed by atoms with van der Waals surface area (Å²) >= 11 is 0. The minimum absolute atomic E-state index is 0.0405. The maximum Gasteiger partial charge on any atom is 0.253 e. The average molecular weight is 311 g/mol. The van der Waals surface area contributed by atoms with E-state index in [1.807, 2.05) is 24.3 Å². The van der Waals surface area contributed by atoms with Gasteiger partial charge in [-0.05, 0) is 56.7 Å². The third-order valence-electron chi connectivity index (χ3n) is 4.52. The van der Waals surface area contributed by atoms with Crippen LogP contribution in [-0.2, 0) is 4.79 Å². The van der Waals surface area contributed by atoms with Crippen molar-refractivity contribution in [2.45, 2.75) is 20.3 Å². The highest BCUT2D eigenvalue weighted by atomic mass is 16.2. The molecular formula is C18H21N3O2. The van der Waals surface area contributed by atoms with Crippen molar-refractivity contribution < 1.29 is 9.59 Å². The van der Waals surface area contributed by atoms with E-state index in [-0.39, 0.29) is 17.7 Å². The molecule has 0 unspecified atom stereocenters. The molecule has 120 valence electrons. The standard InChI is InChI=1S/C18H21N3O2/c1-12-3-4-13(2)21(12)16-7-5-14(6-8-16)18(23)20-10-9-15(11-20)17(19)22/h3-8,15H,9-11H2,1-2H3,(H2,19,22)/t15-/m1/s1. The van der Waals surface area contributed by atoms with Gasteiger partial charge in [0.25, 0.3) is 5.91 Å². The number of hydrogen-bond donors (Lipinski definition) is 1. The van der Waals surface area contributed by atoms with E-state index in [1.54, 1.807) is 4.90 Å². The molecule has 1 aliphatic heterocycles. The minimum atomic E-state index is -0.325. The van der Waals surface area contributed by atoms with Crippen molar-refractivity contribution in [3.8, 4) is 5.69 Å². The molecule has 0 radical (unpaired) electrons. The summed E-state index contributed by atoms with van der Waals surface area (Å²) < 4.78 is 2.15. The second-order valence-electron chi connectivity index (χ2n) is 6.14.